The molecule has 0 amide bonds. The highest BCUT2D eigenvalue weighted by Crippen LogP contribution is 2.66. The Balaban J connectivity index is 1.72. The molecule has 1 aliphatic carbocycles. The molecule has 0 nitrogen and oxygen atoms in total. The van der Waals surface area contributed by atoms with Crippen LogP contribution >= 0.6 is 0 Å². The molecule has 1 atom stereocenters. The van der Waals surface area contributed by atoms with Gasteiger partial charge in [-0.05, 0) is 23.1 Å². The maximum atomic E-state index is 2.58. The molecule has 0 radical (unpaired) electrons. The normalized spacial score (nSPS) is 17.6. The van der Waals surface area contributed by atoms with E-state index in [1.807, 2.05) is 0 Å². The number of rotatable bonds is 5. The van der Waals surface area contributed by atoms with Crippen molar-refractivity contribution in [3.8, 4) is 0 Å². The van der Waals surface area contributed by atoms with Crippen molar-refractivity contribution in [2.24, 2.45) is 0 Å². The van der Waals surface area contributed by atoms with Crippen molar-refractivity contribution in [2.45, 2.75) is 23.9 Å². The molecule has 1 heteroatoms. The van der Waals surface area contributed by atoms with Crippen molar-refractivity contribution in [3.63, 3.8) is 0 Å². The van der Waals surface area contributed by atoms with Crippen LogP contribution in [0.3, 0.4) is 0 Å². The second-order valence-electron chi connectivity index (χ2n) is 8.39. The molecule has 5 rings (SSSR count). The highest BCUT2D eigenvalue weighted by Gasteiger charge is 2.65. The second-order valence-corrected chi connectivity index (χ2v) is 12.7. The van der Waals surface area contributed by atoms with Crippen LogP contribution in [0.15, 0.2) is 121 Å². The van der Waals surface area contributed by atoms with E-state index in [2.05, 4.69) is 128 Å². The first-order valence-electron chi connectivity index (χ1n) is 10.5. The van der Waals surface area contributed by atoms with Gasteiger partial charge in [0, 0.05) is 5.41 Å². The van der Waals surface area contributed by atoms with E-state index in [0.29, 0.717) is 5.54 Å². The Hall–Kier alpha value is -2.90. The van der Waals surface area contributed by atoms with Crippen molar-refractivity contribution in [2.75, 3.05) is 0 Å². The molecule has 0 N–H and O–H groups in total. The van der Waals surface area contributed by atoms with Crippen LogP contribution in [0.5, 0.6) is 0 Å². The summed E-state index contributed by atoms with van der Waals surface area (Å²) in [6.07, 6.45) is 1.22. The summed E-state index contributed by atoms with van der Waals surface area (Å²) in [5.41, 5.74) is 3.66. The van der Waals surface area contributed by atoms with Gasteiger partial charge in [0.25, 0.3) is 0 Å². The monoisotopic (exact) mass is 390 g/mol. The van der Waals surface area contributed by atoms with E-state index in [1.165, 1.54) is 27.9 Å². The molecular weight excluding hydrogens is 364 g/mol. The lowest BCUT2D eigenvalue weighted by molar-refractivity contribution is 0.840. The first-order chi connectivity index (χ1) is 14.3. The molecule has 0 bridgehead atoms. The molecule has 1 unspecified atom stereocenters. The lowest BCUT2D eigenvalue weighted by Gasteiger charge is -2.33. The van der Waals surface area contributed by atoms with Crippen LogP contribution in [-0.2, 0) is 5.41 Å². The van der Waals surface area contributed by atoms with Crippen molar-refractivity contribution in [3.05, 3.63) is 132 Å². The lowest BCUT2D eigenvalue weighted by atomic mass is 9.88. The Morgan fingerprint density at radius 3 is 1.28 bits per heavy atom. The zero-order valence-corrected chi connectivity index (χ0v) is 17.8. The predicted octanol–water partition coefficient (Wildman–Crippen LogP) is 5.64. The topological polar surface area (TPSA) is 0 Å². The van der Waals surface area contributed by atoms with E-state index in [0.717, 1.165) is 0 Å². The first-order valence-corrected chi connectivity index (χ1v) is 13.1. The summed E-state index contributed by atoms with van der Waals surface area (Å²) in [4.78, 5) is 0. The fourth-order valence-corrected chi connectivity index (χ4v) is 10.3. The Labute approximate surface area is 174 Å². The van der Waals surface area contributed by atoms with Gasteiger partial charge in [-0.1, -0.05) is 138 Å². The van der Waals surface area contributed by atoms with Crippen molar-refractivity contribution in [1.82, 2.24) is 0 Å². The standard InChI is InChI=1S/C28H26Si/c1-29(25-18-10-4-11-19-25,26-20-12-5-13-21-26)27-22-28(27,23-14-6-2-7-15-23)24-16-8-3-9-17-24/h2-21,27H,22H2,1H3. The third kappa shape index (κ3) is 2.89. The molecule has 29 heavy (non-hydrogen) atoms. The molecule has 0 aliphatic heterocycles. The highest BCUT2D eigenvalue weighted by atomic mass is 28.3. The molecular formula is C28H26Si. The Bertz CT molecular complexity index is 993. The zero-order valence-electron chi connectivity index (χ0n) is 16.8. The van der Waals surface area contributed by atoms with Gasteiger partial charge >= 0.3 is 0 Å². The van der Waals surface area contributed by atoms with E-state index in [4.69, 9.17) is 0 Å². The van der Waals surface area contributed by atoms with Crippen LogP contribution in [0.4, 0.5) is 0 Å². The summed E-state index contributed by atoms with van der Waals surface area (Å²) in [7, 11) is -1.97. The number of hydrogen-bond acceptors (Lipinski definition) is 0. The summed E-state index contributed by atoms with van der Waals surface area (Å²) in [5, 5.41) is 3.06. The van der Waals surface area contributed by atoms with E-state index in [1.54, 1.807) is 0 Å². The van der Waals surface area contributed by atoms with E-state index in [-0.39, 0.29) is 5.41 Å². The van der Waals surface area contributed by atoms with E-state index < -0.39 is 8.07 Å². The van der Waals surface area contributed by atoms with E-state index >= 15 is 0 Å². The molecule has 4 aromatic carbocycles. The molecule has 1 saturated carbocycles. The van der Waals surface area contributed by atoms with Gasteiger partial charge in [0.15, 0.2) is 0 Å². The quantitative estimate of drug-likeness (QED) is 0.387. The predicted molar refractivity (Wildman–Crippen MR) is 126 cm³/mol. The minimum absolute atomic E-state index is 0.106. The molecule has 0 saturated heterocycles. The minimum Gasteiger partial charge on any atom is -0.0626 e. The molecule has 0 heterocycles. The summed E-state index contributed by atoms with van der Waals surface area (Å²) < 4.78 is 0. The van der Waals surface area contributed by atoms with Gasteiger partial charge in [-0.3, -0.25) is 0 Å². The molecule has 142 valence electrons. The number of hydrogen-bond donors (Lipinski definition) is 0. The Kier molecular flexibility index (Phi) is 4.48. The maximum Gasteiger partial charge on any atom is 0.119 e. The minimum atomic E-state index is -1.97. The van der Waals surface area contributed by atoms with Crippen LogP contribution in [0.1, 0.15) is 17.5 Å². The van der Waals surface area contributed by atoms with Crippen LogP contribution in [0, 0.1) is 0 Å². The first kappa shape index (κ1) is 18.1. The average Bonchev–Trinajstić information content (AvgIpc) is 3.58. The highest BCUT2D eigenvalue weighted by molar-refractivity contribution is 7.03. The largest absolute Gasteiger partial charge is 0.119 e. The molecule has 1 aliphatic rings. The van der Waals surface area contributed by atoms with Crippen molar-refractivity contribution >= 4 is 18.4 Å². The van der Waals surface area contributed by atoms with Gasteiger partial charge in [-0.25, -0.2) is 0 Å². The zero-order chi connectivity index (χ0) is 19.7. The fraction of sp³-hybridized carbons (Fsp3) is 0.143. The van der Waals surface area contributed by atoms with Gasteiger partial charge < -0.3 is 0 Å². The van der Waals surface area contributed by atoms with Gasteiger partial charge in [-0.15, -0.1) is 0 Å². The summed E-state index contributed by atoms with van der Waals surface area (Å²) in [5.74, 6) is 0. The van der Waals surface area contributed by atoms with Crippen LogP contribution in [0.25, 0.3) is 0 Å². The summed E-state index contributed by atoms with van der Waals surface area (Å²) in [6, 6.07) is 44.9. The SMILES string of the molecule is C[Si](c1ccccc1)(c1ccccc1)C1CC1(c1ccccc1)c1ccccc1. The Morgan fingerprint density at radius 1 is 0.552 bits per heavy atom. The average molecular weight is 391 g/mol. The number of benzene rings is 4. The fourth-order valence-electron chi connectivity index (χ4n) is 5.37. The lowest BCUT2D eigenvalue weighted by Crippen LogP contribution is -2.57. The van der Waals surface area contributed by atoms with Crippen molar-refractivity contribution in [1.29, 1.82) is 0 Å². The van der Waals surface area contributed by atoms with Crippen molar-refractivity contribution < 1.29 is 0 Å². The Morgan fingerprint density at radius 2 is 0.897 bits per heavy atom. The van der Waals surface area contributed by atoms with Gasteiger partial charge in [-0.2, -0.15) is 0 Å². The summed E-state index contributed by atoms with van der Waals surface area (Å²) >= 11 is 0. The van der Waals surface area contributed by atoms with E-state index in [9.17, 15) is 0 Å². The second kappa shape index (κ2) is 7.17. The van der Waals surface area contributed by atoms with Gasteiger partial charge in [0.1, 0.15) is 8.07 Å². The summed E-state index contributed by atoms with van der Waals surface area (Å²) in [6.45, 7) is 2.58. The molecule has 4 aromatic rings. The van der Waals surface area contributed by atoms with Gasteiger partial charge in [0.2, 0.25) is 0 Å². The molecule has 0 aromatic heterocycles. The van der Waals surface area contributed by atoms with Gasteiger partial charge in [0.05, 0.1) is 0 Å². The van der Waals surface area contributed by atoms with Crippen LogP contribution in [0.2, 0.25) is 12.1 Å². The molecule has 0 spiro atoms. The third-order valence-corrected chi connectivity index (χ3v) is 12.1. The smallest absolute Gasteiger partial charge is 0.0626 e. The maximum absolute atomic E-state index is 2.58. The molecule has 1 fully saturated rings. The van der Waals surface area contributed by atoms with Crippen LogP contribution < -0.4 is 10.4 Å². The van der Waals surface area contributed by atoms with Crippen LogP contribution in [-0.4, -0.2) is 8.07 Å². The third-order valence-electron chi connectivity index (χ3n) is 6.98.